The molecule has 5 nitrogen and oxygen atoms in total. The highest BCUT2D eigenvalue weighted by Gasteiger charge is 2.19. The number of carbonyl (C=O) groups excluding carboxylic acids is 2. The van der Waals surface area contributed by atoms with E-state index in [-0.39, 0.29) is 12.6 Å². The van der Waals surface area contributed by atoms with E-state index < -0.39 is 5.97 Å². The average molecular weight is 332 g/mol. The van der Waals surface area contributed by atoms with Crippen molar-refractivity contribution < 1.29 is 14.3 Å². The number of amides is 2. The molecule has 0 bridgehead atoms. The van der Waals surface area contributed by atoms with Crippen molar-refractivity contribution in [1.82, 2.24) is 4.90 Å². The summed E-state index contributed by atoms with van der Waals surface area (Å²) >= 11 is 1.57. The Morgan fingerprint density at radius 1 is 1.22 bits per heavy atom. The SMILES string of the molecule is CCOC(=O)CN(Cc1sccc1C)C(=O)Nc1ccccc1. The fourth-order valence-electron chi connectivity index (χ4n) is 2.03. The average Bonchev–Trinajstić information content (AvgIpc) is 2.93. The second-order valence-corrected chi connectivity index (χ2v) is 5.98. The van der Waals surface area contributed by atoms with Gasteiger partial charge in [0.1, 0.15) is 6.54 Å². The fourth-order valence-corrected chi connectivity index (χ4v) is 2.95. The van der Waals surface area contributed by atoms with E-state index in [2.05, 4.69) is 5.32 Å². The Labute approximate surface area is 139 Å². The number of aryl methyl sites for hydroxylation is 1. The van der Waals surface area contributed by atoms with Crippen LogP contribution in [0, 0.1) is 6.92 Å². The third-order valence-corrected chi connectivity index (χ3v) is 4.25. The zero-order valence-corrected chi connectivity index (χ0v) is 14.1. The molecule has 0 unspecified atom stereocenters. The molecule has 0 saturated heterocycles. The molecule has 0 aliphatic heterocycles. The van der Waals surface area contributed by atoms with Gasteiger partial charge in [-0.25, -0.2) is 4.79 Å². The van der Waals surface area contributed by atoms with Gasteiger partial charge in [-0.2, -0.15) is 0 Å². The van der Waals surface area contributed by atoms with Gasteiger partial charge in [-0.15, -0.1) is 11.3 Å². The lowest BCUT2D eigenvalue weighted by Crippen LogP contribution is -2.38. The predicted molar refractivity (Wildman–Crippen MR) is 91.6 cm³/mol. The normalized spacial score (nSPS) is 10.2. The third kappa shape index (κ3) is 5.10. The Balaban J connectivity index is 2.10. The third-order valence-electron chi connectivity index (χ3n) is 3.24. The minimum Gasteiger partial charge on any atom is -0.465 e. The Bertz CT molecular complexity index is 655. The number of thiophene rings is 1. The summed E-state index contributed by atoms with van der Waals surface area (Å²) in [6.07, 6.45) is 0. The molecule has 23 heavy (non-hydrogen) atoms. The van der Waals surface area contributed by atoms with Gasteiger partial charge in [0.05, 0.1) is 13.2 Å². The van der Waals surface area contributed by atoms with Crippen molar-refractivity contribution in [3.8, 4) is 0 Å². The summed E-state index contributed by atoms with van der Waals surface area (Å²) in [6.45, 7) is 4.33. The Morgan fingerprint density at radius 2 is 1.96 bits per heavy atom. The van der Waals surface area contributed by atoms with Crippen LogP contribution in [-0.2, 0) is 16.1 Å². The van der Waals surface area contributed by atoms with Crippen molar-refractivity contribution in [2.24, 2.45) is 0 Å². The lowest BCUT2D eigenvalue weighted by molar-refractivity contribution is -0.143. The van der Waals surface area contributed by atoms with Crippen LogP contribution in [0.1, 0.15) is 17.4 Å². The summed E-state index contributed by atoms with van der Waals surface area (Å²) < 4.78 is 4.96. The molecule has 6 heteroatoms. The molecule has 0 atom stereocenters. The number of nitrogens with zero attached hydrogens (tertiary/aromatic N) is 1. The topological polar surface area (TPSA) is 58.6 Å². The van der Waals surface area contributed by atoms with Crippen LogP contribution in [0.15, 0.2) is 41.8 Å². The maximum absolute atomic E-state index is 12.5. The van der Waals surface area contributed by atoms with E-state index in [0.717, 1.165) is 10.4 Å². The first kappa shape index (κ1) is 17.0. The Hall–Kier alpha value is -2.34. The zero-order valence-electron chi connectivity index (χ0n) is 13.2. The summed E-state index contributed by atoms with van der Waals surface area (Å²) in [5.41, 5.74) is 1.80. The molecule has 2 amide bonds. The van der Waals surface area contributed by atoms with Gasteiger partial charge in [-0.1, -0.05) is 18.2 Å². The maximum Gasteiger partial charge on any atom is 0.325 e. The van der Waals surface area contributed by atoms with Gasteiger partial charge >= 0.3 is 12.0 Å². The highest BCUT2D eigenvalue weighted by atomic mass is 32.1. The van der Waals surface area contributed by atoms with Gasteiger partial charge in [0.15, 0.2) is 0 Å². The molecular weight excluding hydrogens is 312 g/mol. The standard InChI is InChI=1S/C17H20N2O3S/c1-3-22-16(20)12-19(11-15-13(2)9-10-23-15)17(21)18-14-7-5-4-6-8-14/h4-10H,3,11-12H2,1-2H3,(H,18,21). The number of benzene rings is 1. The highest BCUT2D eigenvalue weighted by Crippen LogP contribution is 2.18. The number of carbonyl (C=O) groups is 2. The Kier molecular flexibility index (Phi) is 6.17. The molecule has 1 aromatic carbocycles. The highest BCUT2D eigenvalue weighted by molar-refractivity contribution is 7.10. The van der Waals surface area contributed by atoms with Crippen molar-refractivity contribution in [3.05, 3.63) is 52.2 Å². The number of rotatable bonds is 6. The number of esters is 1. The fraction of sp³-hybridized carbons (Fsp3) is 0.294. The molecule has 0 fully saturated rings. The second-order valence-electron chi connectivity index (χ2n) is 4.98. The summed E-state index contributed by atoms with van der Waals surface area (Å²) in [5, 5.41) is 4.78. The van der Waals surface area contributed by atoms with Crippen LogP contribution >= 0.6 is 11.3 Å². The quantitative estimate of drug-likeness (QED) is 0.821. The summed E-state index contributed by atoms with van der Waals surface area (Å²) in [6, 6.07) is 10.8. The maximum atomic E-state index is 12.5. The van der Waals surface area contributed by atoms with Gasteiger partial charge in [-0.05, 0) is 43.0 Å². The number of urea groups is 1. The molecule has 122 valence electrons. The minimum atomic E-state index is -0.412. The van der Waals surface area contributed by atoms with E-state index in [9.17, 15) is 9.59 Å². The minimum absolute atomic E-state index is 0.0795. The van der Waals surface area contributed by atoms with Crippen LogP contribution in [0.3, 0.4) is 0 Å². The van der Waals surface area contributed by atoms with E-state index in [1.807, 2.05) is 36.6 Å². The summed E-state index contributed by atoms with van der Waals surface area (Å²) in [5.74, 6) is -0.412. The van der Waals surface area contributed by atoms with Crippen LogP contribution in [0.25, 0.3) is 0 Å². The van der Waals surface area contributed by atoms with Crippen molar-refractivity contribution in [1.29, 1.82) is 0 Å². The van der Waals surface area contributed by atoms with Crippen LogP contribution in [0.4, 0.5) is 10.5 Å². The van der Waals surface area contributed by atoms with Gasteiger partial charge < -0.3 is 15.0 Å². The predicted octanol–water partition coefficient (Wildman–Crippen LogP) is 3.65. The van der Waals surface area contributed by atoms with Gasteiger partial charge in [0.25, 0.3) is 0 Å². The number of para-hydroxylation sites is 1. The molecule has 0 radical (unpaired) electrons. The molecular formula is C17H20N2O3S. The van der Waals surface area contributed by atoms with Crippen LogP contribution in [-0.4, -0.2) is 30.1 Å². The number of hydrogen-bond donors (Lipinski definition) is 1. The lowest BCUT2D eigenvalue weighted by atomic mass is 10.3. The molecule has 1 heterocycles. The van der Waals surface area contributed by atoms with Crippen LogP contribution in [0.5, 0.6) is 0 Å². The molecule has 0 aliphatic rings. The first-order valence-electron chi connectivity index (χ1n) is 7.39. The molecule has 0 saturated carbocycles. The van der Waals surface area contributed by atoms with E-state index >= 15 is 0 Å². The molecule has 1 aromatic heterocycles. The summed E-state index contributed by atoms with van der Waals surface area (Å²) in [7, 11) is 0. The van der Waals surface area contributed by atoms with Crippen molar-refractivity contribution in [2.75, 3.05) is 18.5 Å². The number of hydrogen-bond acceptors (Lipinski definition) is 4. The second kappa shape index (κ2) is 8.33. The first-order valence-corrected chi connectivity index (χ1v) is 8.27. The van der Waals surface area contributed by atoms with E-state index in [0.29, 0.717) is 18.8 Å². The number of nitrogens with one attached hydrogen (secondary N) is 1. The monoisotopic (exact) mass is 332 g/mol. The van der Waals surface area contributed by atoms with Crippen LogP contribution < -0.4 is 5.32 Å². The van der Waals surface area contributed by atoms with Crippen molar-refractivity contribution in [3.63, 3.8) is 0 Å². The number of ether oxygens (including phenoxy) is 1. The van der Waals surface area contributed by atoms with Gasteiger partial charge in [0, 0.05) is 10.6 Å². The first-order chi connectivity index (χ1) is 11.1. The van der Waals surface area contributed by atoms with E-state index in [4.69, 9.17) is 4.74 Å². The number of anilines is 1. The summed E-state index contributed by atoms with van der Waals surface area (Å²) in [4.78, 5) is 26.8. The molecule has 2 aromatic rings. The van der Waals surface area contributed by atoms with Gasteiger partial charge in [0.2, 0.25) is 0 Å². The van der Waals surface area contributed by atoms with Gasteiger partial charge in [-0.3, -0.25) is 4.79 Å². The van der Waals surface area contributed by atoms with Crippen molar-refractivity contribution in [2.45, 2.75) is 20.4 Å². The molecule has 1 N–H and O–H groups in total. The molecule has 2 rings (SSSR count). The lowest BCUT2D eigenvalue weighted by Gasteiger charge is -2.22. The van der Waals surface area contributed by atoms with Crippen LogP contribution in [0.2, 0.25) is 0 Å². The largest absolute Gasteiger partial charge is 0.465 e. The smallest absolute Gasteiger partial charge is 0.325 e. The molecule has 0 spiro atoms. The van der Waals surface area contributed by atoms with E-state index in [1.165, 1.54) is 4.90 Å². The zero-order chi connectivity index (χ0) is 16.7. The molecule has 0 aliphatic carbocycles. The Morgan fingerprint density at radius 3 is 2.57 bits per heavy atom. The van der Waals surface area contributed by atoms with E-state index in [1.54, 1.807) is 30.4 Å². The van der Waals surface area contributed by atoms with Crippen molar-refractivity contribution >= 4 is 29.0 Å².